The smallest absolute Gasteiger partial charge is 0.307 e. The Kier molecular flexibility index (Phi) is 4.66. The van der Waals surface area contributed by atoms with Gasteiger partial charge in [0, 0.05) is 29.7 Å². The molecule has 0 bridgehead atoms. The van der Waals surface area contributed by atoms with Gasteiger partial charge in [-0.15, -0.1) is 0 Å². The van der Waals surface area contributed by atoms with Crippen LogP contribution in [0.3, 0.4) is 0 Å². The molecule has 2 heterocycles. The van der Waals surface area contributed by atoms with Crippen molar-refractivity contribution in [1.29, 1.82) is 0 Å². The molecule has 1 amide bonds. The molecule has 1 N–H and O–H groups in total. The van der Waals surface area contributed by atoms with Gasteiger partial charge in [-0.1, -0.05) is 36.4 Å². The second-order valence-electron chi connectivity index (χ2n) is 6.01. The number of fused-ring (bicyclic) bond motifs is 1. The molecule has 0 atom stereocenters. The highest BCUT2D eigenvalue weighted by molar-refractivity contribution is 5.97. The highest BCUT2D eigenvalue weighted by Crippen LogP contribution is 2.20. The van der Waals surface area contributed by atoms with Crippen molar-refractivity contribution < 1.29 is 13.9 Å². The standard InChI is InChI=1S/C20H19N3O3/c24-20(19-13-15-5-2-4-8-18(15)26-19)22-21-14-16-6-1-3-7-17(16)23-9-11-25-12-10-23/h1-8,13-14H,9-12H2,(H,22,24)/b21-14-. The number of hydrogen-bond donors (Lipinski definition) is 1. The Morgan fingerprint density at radius 2 is 1.85 bits per heavy atom. The van der Waals surface area contributed by atoms with E-state index in [1.54, 1.807) is 12.3 Å². The SMILES string of the molecule is O=C(N/N=C\c1ccccc1N1CCOCC1)c1cc2ccccc2o1. The van der Waals surface area contributed by atoms with Gasteiger partial charge in [0.2, 0.25) is 0 Å². The van der Waals surface area contributed by atoms with Gasteiger partial charge in [0.1, 0.15) is 5.58 Å². The summed E-state index contributed by atoms with van der Waals surface area (Å²) in [6, 6.07) is 17.2. The minimum atomic E-state index is -0.374. The molecule has 1 aliphatic heterocycles. The lowest BCUT2D eigenvalue weighted by molar-refractivity contribution is 0.0929. The first-order chi connectivity index (χ1) is 12.8. The fourth-order valence-electron chi connectivity index (χ4n) is 3.00. The van der Waals surface area contributed by atoms with E-state index in [-0.39, 0.29) is 11.7 Å². The molecule has 3 aromatic rings. The lowest BCUT2D eigenvalue weighted by Crippen LogP contribution is -2.36. The number of rotatable bonds is 4. The van der Waals surface area contributed by atoms with E-state index >= 15 is 0 Å². The summed E-state index contributed by atoms with van der Waals surface area (Å²) in [6.07, 6.45) is 1.66. The summed E-state index contributed by atoms with van der Waals surface area (Å²) >= 11 is 0. The summed E-state index contributed by atoms with van der Waals surface area (Å²) in [5, 5.41) is 4.99. The average Bonchev–Trinajstić information content (AvgIpc) is 3.13. The van der Waals surface area contributed by atoms with Crippen LogP contribution in [-0.4, -0.2) is 38.4 Å². The van der Waals surface area contributed by atoms with Crippen LogP contribution in [0.4, 0.5) is 5.69 Å². The van der Waals surface area contributed by atoms with Crippen molar-refractivity contribution in [3.05, 3.63) is 65.9 Å². The molecule has 6 nitrogen and oxygen atoms in total. The first kappa shape index (κ1) is 16.4. The predicted octanol–water partition coefficient (Wildman–Crippen LogP) is 3.03. The first-order valence-corrected chi connectivity index (χ1v) is 8.55. The second kappa shape index (κ2) is 7.41. The number of ether oxygens (including phenoxy) is 1. The fourth-order valence-corrected chi connectivity index (χ4v) is 3.00. The molecule has 1 aromatic heterocycles. The van der Waals surface area contributed by atoms with Crippen LogP contribution in [0.2, 0.25) is 0 Å². The van der Waals surface area contributed by atoms with Crippen molar-refractivity contribution in [2.24, 2.45) is 5.10 Å². The topological polar surface area (TPSA) is 67.1 Å². The number of anilines is 1. The minimum Gasteiger partial charge on any atom is -0.451 e. The molecule has 0 saturated carbocycles. The zero-order valence-corrected chi connectivity index (χ0v) is 14.2. The molecular formula is C20H19N3O3. The number of furan rings is 1. The molecule has 1 aliphatic rings. The second-order valence-corrected chi connectivity index (χ2v) is 6.01. The van der Waals surface area contributed by atoms with E-state index in [0.29, 0.717) is 18.8 Å². The van der Waals surface area contributed by atoms with Crippen LogP contribution >= 0.6 is 0 Å². The van der Waals surface area contributed by atoms with Gasteiger partial charge in [0.25, 0.3) is 0 Å². The Hall–Kier alpha value is -3.12. The van der Waals surface area contributed by atoms with Crippen LogP contribution in [0.25, 0.3) is 11.0 Å². The number of hydrazone groups is 1. The highest BCUT2D eigenvalue weighted by Gasteiger charge is 2.14. The maximum atomic E-state index is 12.2. The predicted molar refractivity (Wildman–Crippen MR) is 101 cm³/mol. The summed E-state index contributed by atoms with van der Waals surface area (Å²) in [7, 11) is 0. The summed E-state index contributed by atoms with van der Waals surface area (Å²) < 4.78 is 10.9. The Balaban J connectivity index is 1.47. The van der Waals surface area contributed by atoms with Crippen molar-refractivity contribution >= 4 is 28.8 Å². The van der Waals surface area contributed by atoms with E-state index in [9.17, 15) is 4.79 Å². The minimum absolute atomic E-state index is 0.241. The lowest BCUT2D eigenvalue weighted by atomic mass is 10.1. The van der Waals surface area contributed by atoms with E-state index in [2.05, 4.69) is 15.4 Å². The van der Waals surface area contributed by atoms with Crippen LogP contribution in [-0.2, 0) is 4.74 Å². The number of carbonyl (C=O) groups is 1. The highest BCUT2D eigenvalue weighted by atomic mass is 16.5. The number of para-hydroxylation sites is 2. The Bertz CT molecular complexity index is 909. The zero-order valence-electron chi connectivity index (χ0n) is 14.2. The monoisotopic (exact) mass is 349 g/mol. The first-order valence-electron chi connectivity index (χ1n) is 8.55. The van der Waals surface area contributed by atoms with Gasteiger partial charge in [-0.05, 0) is 18.2 Å². The van der Waals surface area contributed by atoms with Crippen molar-refractivity contribution in [2.45, 2.75) is 0 Å². The number of nitrogens with zero attached hydrogens (tertiary/aromatic N) is 2. The molecule has 0 radical (unpaired) electrons. The van der Waals surface area contributed by atoms with Crippen molar-refractivity contribution in [1.82, 2.24) is 5.43 Å². The zero-order chi connectivity index (χ0) is 17.8. The molecule has 26 heavy (non-hydrogen) atoms. The van der Waals surface area contributed by atoms with Gasteiger partial charge in [0.15, 0.2) is 5.76 Å². The van der Waals surface area contributed by atoms with Crippen molar-refractivity contribution in [2.75, 3.05) is 31.2 Å². The van der Waals surface area contributed by atoms with Crippen molar-refractivity contribution in [3.8, 4) is 0 Å². The van der Waals surface area contributed by atoms with Crippen LogP contribution in [0.15, 0.2) is 64.1 Å². The van der Waals surface area contributed by atoms with Crippen LogP contribution < -0.4 is 10.3 Å². The van der Waals surface area contributed by atoms with Gasteiger partial charge in [-0.3, -0.25) is 4.79 Å². The molecule has 0 spiro atoms. The normalized spacial score (nSPS) is 14.8. The Morgan fingerprint density at radius 1 is 1.08 bits per heavy atom. The number of benzene rings is 2. The van der Waals surface area contributed by atoms with Gasteiger partial charge < -0.3 is 14.1 Å². The van der Waals surface area contributed by atoms with Crippen molar-refractivity contribution in [3.63, 3.8) is 0 Å². The van der Waals surface area contributed by atoms with Gasteiger partial charge in [0.05, 0.1) is 19.4 Å². The van der Waals surface area contributed by atoms with Gasteiger partial charge in [-0.2, -0.15) is 5.10 Å². The van der Waals surface area contributed by atoms with E-state index in [1.807, 2.05) is 48.5 Å². The third-order valence-corrected chi connectivity index (χ3v) is 4.31. The number of carbonyl (C=O) groups excluding carboxylic acids is 1. The fraction of sp³-hybridized carbons (Fsp3) is 0.200. The third kappa shape index (κ3) is 3.45. The van der Waals surface area contributed by atoms with Crippen LogP contribution in [0.1, 0.15) is 16.1 Å². The summed E-state index contributed by atoms with van der Waals surface area (Å²) in [5.41, 5.74) is 5.24. The van der Waals surface area contributed by atoms with Crippen LogP contribution in [0.5, 0.6) is 0 Å². The average molecular weight is 349 g/mol. The van der Waals surface area contributed by atoms with E-state index in [4.69, 9.17) is 9.15 Å². The lowest BCUT2D eigenvalue weighted by Gasteiger charge is -2.29. The summed E-state index contributed by atoms with van der Waals surface area (Å²) in [4.78, 5) is 14.5. The van der Waals surface area contributed by atoms with E-state index < -0.39 is 0 Å². The summed E-state index contributed by atoms with van der Waals surface area (Å²) in [5.74, 6) is -0.133. The molecule has 132 valence electrons. The molecule has 1 saturated heterocycles. The number of nitrogens with one attached hydrogen (secondary N) is 1. The van der Waals surface area contributed by atoms with Gasteiger partial charge >= 0.3 is 5.91 Å². The van der Waals surface area contributed by atoms with Gasteiger partial charge in [-0.25, -0.2) is 5.43 Å². The Morgan fingerprint density at radius 3 is 2.69 bits per heavy atom. The number of amides is 1. The molecule has 1 fully saturated rings. The largest absolute Gasteiger partial charge is 0.451 e. The Labute approximate surface area is 151 Å². The maximum absolute atomic E-state index is 12.2. The third-order valence-electron chi connectivity index (χ3n) is 4.31. The molecular weight excluding hydrogens is 330 g/mol. The molecule has 4 rings (SSSR count). The quantitative estimate of drug-likeness (QED) is 0.581. The molecule has 0 aliphatic carbocycles. The summed E-state index contributed by atoms with van der Waals surface area (Å²) in [6.45, 7) is 3.12. The van der Waals surface area contributed by atoms with Crippen LogP contribution in [0, 0.1) is 0 Å². The molecule has 6 heteroatoms. The molecule has 2 aromatic carbocycles. The number of morpholine rings is 1. The van der Waals surface area contributed by atoms with E-state index in [0.717, 1.165) is 29.7 Å². The van der Waals surface area contributed by atoms with E-state index in [1.165, 1.54) is 0 Å². The number of hydrogen-bond acceptors (Lipinski definition) is 5. The maximum Gasteiger partial charge on any atom is 0.307 e. The molecule has 0 unspecified atom stereocenters.